The van der Waals surface area contributed by atoms with Crippen molar-refractivity contribution >= 4 is 0 Å². The molecule has 7 heteroatoms. The Morgan fingerprint density at radius 2 is 1.40 bits per heavy atom. The van der Waals surface area contributed by atoms with Gasteiger partial charge in [-0.2, -0.15) is 0 Å². The summed E-state index contributed by atoms with van der Waals surface area (Å²) in [6, 6.07) is 0. The van der Waals surface area contributed by atoms with Crippen LogP contribution >= 0.6 is 0 Å². The maximum atomic E-state index is 12.1. The van der Waals surface area contributed by atoms with Gasteiger partial charge in [0.15, 0.2) is 0 Å². The van der Waals surface area contributed by atoms with Crippen molar-refractivity contribution in [2.45, 2.75) is 39.1 Å². The highest BCUT2D eigenvalue weighted by Crippen LogP contribution is 1.91. The van der Waals surface area contributed by atoms with Crippen molar-refractivity contribution in [3.63, 3.8) is 0 Å². The minimum Gasteiger partial charge on any atom is -0.391 e. The van der Waals surface area contributed by atoms with Crippen molar-refractivity contribution < 1.29 is 5.11 Å². The van der Waals surface area contributed by atoms with Gasteiger partial charge in [0.1, 0.15) is 0 Å². The van der Waals surface area contributed by atoms with Gasteiger partial charge in [0, 0.05) is 0 Å². The summed E-state index contributed by atoms with van der Waals surface area (Å²) in [6.07, 6.45) is 2.36. The second-order valence-corrected chi connectivity index (χ2v) is 4.32. The molecule has 1 unspecified atom stereocenters. The molecule has 1 aromatic rings. The topological polar surface area (TPSA) is 86.2 Å². The van der Waals surface area contributed by atoms with Crippen LogP contribution in [0.25, 0.3) is 0 Å². The zero-order valence-electron chi connectivity index (χ0n) is 11.5. The van der Waals surface area contributed by atoms with E-state index in [0.717, 1.165) is 13.7 Å². The molecule has 1 N–H and O–H groups in total. The number of aliphatic hydroxyl groups excluding tert-OH is 1. The van der Waals surface area contributed by atoms with E-state index in [9.17, 15) is 19.5 Å². The molecule has 0 aliphatic carbocycles. The summed E-state index contributed by atoms with van der Waals surface area (Å²) >= 11 is 0. The molecule has 0 bridgehead atoms. The molecule has 0 saturated carbocycles. The van der Waals surface area contributed by atoms with Crippen molar-refractivity contribution in [2.24, 2.45) is 0 Å². The summed E-state index contributed by atoms with van der Waals surface area (Å²) in [5.41, 5.74) is -2.19. The highest BCUT2D eigenvalue weighted by atomic mass is 16.3. The smallest absolute Gasteiger partial charge is 0.336 e. The van der Waals surface area contributed by atoms with Crippen LogP contribution in [-0.2, 0) is 19.6 Å². The molecule has 110 valence electrons. The molecule has 0 saturated heterocycles. The fourth-order valence-corrected chi connectivity index (χ4v) is 1.75. The quantitative estimate of drug-likeness (QED) is 0.671. The third-order valence-electron chi connectivity index (χ3n) is 2.87. The molecule has 0 aliphatic rings. The van der Waals surface area contributed by atoms with E-state index in [1.807, 2.05) is 0 Å². The summed E-state index contributed by atoms with van der Waals surface area (Å²) in [6.45, 7) is 8.53. The van der Waals surface area contributed by atoms with Crippen molar-refractivity contribution in [3.8, 4) is 0 Å². The van der Waals surface area contributed by atoms with Gasteiger partial charge in [-0.05, 0) is 6.42 Å². The van der Waals surface area contributed by atoms with E-state index in [2.05, 4.69) is 13.2 Å². The molecule has 0 aromatic carbocycles. The molecule has 1 aromatic heterocycles. The average molecular weight is 281 g/mol. The lowest BCUT2D eigenvalue weighted by Crippen LogP contribution is -2.55. The molecular weight excluding hydrogens is 262 g/mol. The normalized spacial score (nSPS) is 12.1. The maximum Gasteiger partial charge on any atom is 0.336 e. The molecule has 7 nitrogen and oxygen atoms in total. The minimum absolute atomic E-state index is 0.00267. The van der Waals surface area contributed by atoms with Gasteiger partial charge >= 0.3 is 17.1 Å². The Balaban J connectivity index is 3.61. The first-order chi connectivity index (χ1) is 9.47. The Morgan fingerprint density at radius 1 is 1.00 bits per heavy atom. The first-order valence-corrected chi connectivity index (χ1v) is 6.32. The molecule has 1 rings (SSSR count). The number of hydrogen-bond donors (Lipinski definition) is 1. The van der Waals surface area contributed by atoms with Crippen molar-refractivity contribution in [3.05, 3.63) is 56.8 Å². The Morgan fingerprint density at radius 3 is 1.75 bits per heavy atom. The third-order valence-corrected chi connectivity index (χ3v) is 2.87. The first-order valence-electron chi connectivity index (χ1n) is 6.32. The number of aromatic nitrogens is 3. The van der Waals surface area contributed by atoms with Crippen LogP contribution in [-0.4, -0.2) is 24.9 Å². The lowest BCUT2D eigenvalue weighted by molar-refractivity contribution is 0.144. The van der Waals surface area contributed by atoms with Gasteiger partial charge in [-0.3, -0.25) is 0 Å². The highest BCUT2D eigenvalue weighted by Gasteiger charge is 2.15. The summed E-state index contributed by atoms with van der Waals surface area (Å²) in [4.78, 5) is 36.3. The van der Waals surface area contributed by atoms with Crippen LogP contribution in [0.4, 0.5) is 0 Å². The number of rotatable bonds is 7. The van der Waals surface area contributed by atoms with Crippen LogP contribution in [0, 0.1) is 0 Å². The standard InChI is InChI=1S/C13H19N3O4/c1-4-7-14-11(18)15(8-5-2)13(20)16(12(14)19)9-10(17)6-3/h4-5,10,17H,1-2,6-9H2,3H3. The fourth-order valence-electron chi connectivity index (χ4n) is 1.75. The lowest BCUT2D eigenvalue weighted by atomic mass is 10.3. The number of hydrogen-bond acceptors (Lipinski definition) is 4. The largest absolute Gasteiger partial charge is 0.391 e. The van der Waals surface area contributed by atoms with Gasteiger partial charge in [0.2, 0.25) is 0 Å². The van der Waals surface area contributed by atoms with E-state index in [-0.39, 0.29) is 19.6 Å². The monoisotopic (exact) mass is 281 g/mol. The zero-order valence-corrected chi connectivity index (χ0v) is 11.5. The van der Waals surface area contributed by atoms with Gasteiger partial charge in [-0.1, -0.05) is 19.1 Å². The van der Waals surface area contributed by atoms with Crippen LogP contribution in [0.15, 0.2) is 39.7 Å². The zero-order chi connectivity index (χ0) is 15.3. The van der Waals surface area contributed by atoms with Gasteiger partial charge in [0.25, 0.3) is 0 Å². The van der Waals surface area contributed by atoms with Crippen molar-refractivity contribution in [2.75, 3.05) is 0 Å². The van der Waals surface area contributed by atoms with E-state index < -0.39 is 23.2 Å². The van der Waals surface area contributed by atoms with Crippen LogP contribution < -0.4 is 17.1 Å². The Hall–Kier alpha value is -2.15. The van der Waals surface area contributed by atoms with E-state index in [1.54, 1.807) is 6.92 Å². The number of allylic oxidation sites excluding steroid dienone is 2. The van der Waals surface area contributed by atoms with E-state index >= 15 is 0 Å². The molecule has 0 radical (unpaired) electrons. The molecule has 0 amide bonds. The minimum atomic E-state index is -0.827. The second-order valence-electron chi connectivity index (χ2n) is 4.32. The molecule has 1 heterocycles. The molecule has 0 spiro atoms. The summed E-state index contributed by atoms with van der Waals surface area (Å²) < 4.78 is 2.67. The molecular formula is C13H19N3O4. The molecule has 0 fully saturated rings. The van der Waals surface area contributed by atoms with Gasteiger partial charge in [-0.25, -0.2) is 28.1 Å². The second kappa shape index (κ2) is 6.85. The van der Waals surface area contributed by atoms with Gasteiger partial charge < -0.3 is 5.11 Å². The van der Waals surface area contributed by atoms with Crippen LogP contribution in [0.2, 0.25) is 0 Å². The average Bonchev–Trinajstić information content (AvgIpc) is 2.44. The predicted molar refractivity (Wildman–Crippen MR) is 75.9 cm³/mol. The van der Waals surface area contributed by atoms with Crippen molar-refractivity contribution in [1.29, 1.82) is 0 Å². The molecule has 1 atom stereocenters. The number of nitrogens with zero attached hydrogens (tertiary/aromatic N) is 3. The summed E-state index contributed by atoms with van der Waals surface area (Å²) in [5.74, 6) is 0. The Labute approximate surface area is 115 Å². The van der Waals surface area contributed by atoms with E-state index in [1.165, 1.54) is 12.2 Å². The number of aliphatic hydroxyl groups is 1. The first kappa shape index (κ1) is 15.9. The third kappa shape index (κ3) is 3.05. The highest BCUT2D eigenvalue weighted by molar-refractivity contribution is 4.85. The Bertz CT molecular complexity index is 617. The Kier molecular flexibility index (Phi) is 5.45. The summed E-state index contributed by atoms with van der Waals surface area (Å²) in [7, 11) is 0. The van der Waals surface area contributed by atoms with E-state index in [4.69, 9.17) is 0 Å². The van der Waals surface area contributed by atoms with Crippen LogP contribution in [0.1, 0.15) is 13.3 Å². The van der Waals surface area contributed by atoms with Crippen LogP contribution in [0.5, 0.6) is 0 Å². The van der Waals surface area contributed by atoms with Gasteiger partial charge in [0.05, 0.1) is 25.7 Å². The molecule has 0 aliphatic heterocycles. The predicted octanol–water partition coefficient (Wildman–Crippen LogP) is -0.685. The van der Waals surface area contributed by atoms with Crippen molar-refractivity contribution in [1.82, 2.24) is 13.7 Å². The van der Waals surface area contributed by atoms with E-state index in [0.29, 0.717) is 6.42 Å². The molecule has 20 heavy (non-hydrogen) atoms. The fraction of sp³-hybridized carbons (Fsp3) is 0.462. The summed E-state index contributed by atoms with van der Waals surface area (Å²) in [5, 5.41) is 9.64. The maximum absolute atomic E-state index is 12.1. The lowest BCUT2D eigenvalue weighted by Gasteiger charge is -2.14. The van der Waals surface area contributed by atoms with Crippen LogP contribution in [0.3, 0.4) is 0 Å². The van der Waals surface area contributed by atoms with Gasteiger partial charge in [-0.15, -0.1) is 13.2 Å². The SMILES string of the molecule is C=CCn1c(=O)n(CC=C)c(=O)n(CC(O)CC)c1=O.